The van der Waals surface area contributed by atoms with E-state index in [2.05, 4.69) is 15.9 Å². The quantitative estimate of drug-likeness (QED) is 0.769. The Morgan fingerprint density at radius 2 is 1.64 bits per heavy atom. The van der Waals surface area contributed by atoms with E-state index >= 15 is 0 Å². The van der Waals surface area contributed by atoms with E-state index < -0.39 is 10.0 Å². The van der Waals surface area contributed by atoms with Crippen molar-refractivity contribution in [2.45, 2.75) is 4.90 Å². The third-order valence-electron chi connectivity index (χ3n) is 3.18. The number of para-hydroxylation sites is 1. The van der Waals surface area contributed by atoms with Crippen molar-refractivity contribution in [3.63, 3.8) is 0 Å². The normalized spacial score (nSPS) is 11.6. The number of rotatable bonds is 6. The molecule has 2 rings (SSSR count). The number of anilines is 1. The van der Waals surface area contributed by atoms with E-state index in [0.717, 1.165) is 4.47 Å². The largest absolute Gasteiger partial charge is 0.308 e. The SMILES string of the molecule is CN(C)CCN(c1ccccc1)S(=O)(=O)c1cccc(Br)c1. The summed E-state index contributed by atoms with van der Waals surface area (Å²) in [5.41, 5.74) is 0.671. The highest BCUT2D eigenvalue weighted by Crippen LogP contribution is 2.25. The second-order valence-corrected chi connectivity index (χ2v) is 7.95. The van der Waals surface area contributed by atoms with Gasteiger partial charge in [-0.15, -0.1) is 0 Å². The van der Waals surface area contributed by atoms with Crippen LogP contribution in [0.3, 0.4) is 0 Å². The van der Waals surface area contributed by atoms with Crippen LogP contribution in [0.5, 0.6) is 0 Å². The minimum absolute atomic E-state index is 0.282. The summed E-state index contributed by atoms with van der Waals surface area (Å²) in [6.07, 6.45) is 0. The van der Waals surface area contributed by atoms with Crippen LogP contribution in [-0.2, 0) is 10.0 Å². The lowest BCUT2D eigenvalue weighted by Gasteiger charge is -2.26. The summed E-state index contributed by atoms with van der Waals surface area (Å²) in [4.78, 5) is 2.25. The van der Waals surface area contributed by atoms with Crippen molar-refractivity contribution in [2.75, 3.05) is 31.5 Å². The maximum absolute atomic E-state index is 13.0. The summed E-state index contributed by atoms with van der Waals surface area (Å²) in [7, 11) is 0.255. The third kappa shape index (κ3) is 4.09. The molecule has 0 saturated heterocycles. The Balaban J connectivity index is 2.43. The molecule has 0 aromatic heterocycles. The first-order valence-electron chi connectivity index (χ1n) is 6.89. The fourth-order valence-corrected chi connectivity index (χ4v) is 4.08. The zero-order valence-corrected chi connectivity index (χ0v) is 15.0. The van der Waals surface area contributed by atoms with Gasteiger partial charge in [0, 0.05) is 17.6 Å². The van der Waals surface area contributed by atoms with Crippen molar-refractivity contribution in [3.05, 3.63) is 59.1 Å². The number of benzene rings is 2. The Morgan fingerprint density at radius 1 is 0.955 bits per heavy atom. The number of hydrogen-bond donors (Lipinski definition) is 0. The molecular weight excluding hydrogens is 364 g/mol. The lowest BCUT2D eigenvalue weighted by molar-refractivity contribution is 0.419. The monoisotopic (exact) mass is 382 g/mol. The van der Waals surface area contributed by atoms with Crippen LogP contribution in [0.4, 0.5) is 5.69 Å². The average molecular weight is 383 g/mol. The molecule has 0 bridgehead atoms. The summed E-state index contributed by atoms with van der Waals surface area (Å²) in [6.45, 7) is 1.04. The molecule has 0 aliphatic heterocycles. The summed E-state index contributed by atoms with van der Waals surface area (Å²) >= 11 is 3.33. The lowest BCUT2D eigenvalue weighted by atomic mass is 10.3. The van der Waals surface area contributed by atoms with Crippen LogP contribution in [0.2, 0.25) is 0 Å². The molecular formula is C16H19BrN2O2S. The first-order valence-corrected chi connectivity index (χ1v) is 9.12. The average Bonchev–Trinajstić information content (AvgIpc) is 2.48. The molecule has 4 nitrogen and oxygen atoms in total. The molecule has 0 N–H and O–H groups in total. The topological polar surface area (TPSA) is 40.6 Å². The Hall–Kier alpha value is -1.37. The van der Waals surface area contributed by atoms with Gasteiger partial charge < -0.3 is 4.90 Å². The van der Waals surface area contributed by atoms with Gasteiger partial charge in [0.2, 0.25) is 0 Å². The van der Waals surface area contributed by atoms with Gasteiger partial charge in [-0.3, -0.25) is 4.31 Å². The van der Waals surface area contributed by atoms with E-state index in [0.29, 0.717) is 18.8 Å². The molecule has 0 saturated carbocycles. The highest BCUT2D eigenvalue weighted by Gasteiger charge is 2.24. The highest BCUT2D eigenvalue weighted by atomic mass is 79.9. The minimum atomic E-state index is -3.60. The Bertz CT molecular complexity index is 718. The Kier molecular flexibility index (Phi) is 5.61. The van der Waals surface area contributed by atoms with Gasteiger partial charge in [-0.25, -0.2) is 8.42 Å². The third-order valence-corrected chi connectivity index (χ3v) is 5.50. The van der Waals surface area contributed by atoms with Crippen molar-refractivity contribution in [1.29, 1.82) is 0 Å². The van der Waals surface area contributed by atoms with Gasteiger partial charge in [0.1, 0.15) is 0 Å². The standard InChI is InChI=1S/C16H19BrN2O2S/c1-18(2)11-12-19(15-8-4-3-5-9-15)22(20,21)16-10-6-7-14(17)13-16/h3-10,13H,11-12H2,1-2H3. The maximum Gasteiger partial charge on any atom is 0.264 e. The van der Waals surface area contributed by atoms with E-state index in [1.807, 2.05) is 55.4 Å². The number of nitrogens with zero attached hydrogens (tertiary/aromatic N) is 2. The van der Waals surface area contributed by atoms with E-state index in [-0.39, 0.29) is 4.90 Å². The molecule has 0 aliphatic carbocycles. The lowest BCUT2D eigenvalue weighted by Crippen LogP contribution is -2.36. The fourth-order valence-electron chi connectivity index (χ4n) is 2.03. The predicted molar refractivity (Wildman–Crippen MR) is 93.7 cm³/mol. The second kappa shape index (κ2) is 7.26. The number of likely N-dealkylation sites (N-methyl/N-ethyl adjacent to an activating group) is 1. The number of hydrogen-bond acceptors (Lipinski definition) is 3. The van der Waals surface area contributed by atoms with Crippen molar-refractivity contribution >= 4 is 31.6 Å². The van der Waals surface area contributed by atoms with Crippen LogP contribution < -0.4 is 4.31 Å². The molecule has 2 aromatic carbocycles. The molecule has 0 atom stereocenters. The first-order chi connectivity index (χ1) is 10.4. The molecule has 0 amide bonds. The van der Waals surface area contributed by atoms with Crippen molar-refractivity contribution in [2.24, 2.45) is 0 Å². The molecule has 0 radical (unpaired) electrons. The van der Waals surface area contributed by atoms with Gasteiger partial charge in [0.25, 0.3) is 10.0 Å². The van der Waals surface area contributed by atoms with Gasteiger partial charge in [-0.05, 0) is 44.4 Å². The maximum atomic E-state index is 13.0. The molecule has 0 spiro atoms. The summed E-state index contributed by atoms with van der Waals surface area (Å²) < 4.78 is 28.2. The van der Waals surface area contributed by atoms with E-state index in [4.69, 9.17) is 0 Å². The van der Waals surface area contributed by atoms with Crippen molar-refractivity contribution < 1.29 is 8.42 Å². The number of halogens is 1. The summed E-state index contributed by atoms with van der Waals surface area (Å²) in [6, 6.07) is 16.0. The van der Waals surface area contributed by atoms with Gasteiger partial charge >= 0.3 is 0 Å². The van der Waals surface area contributed by atoms with Crippen molar-refractivity contribution in [1.82, 2.24) is 4.90 Å². The molecule has 118 valence electrons. The zero-order chi connectivity index (χ0) is 16.2. The predicted octanol–water partition coefficient (Wildman–Crippen LogP) is 3.21. The van der Waals surface area contributed by atoms with Crippen LogP contribution in [0.1, 0.15) is 0 Å². The molecule has 22 heavy (non-hydrogen) atoms. The second-order valence-electron chi connectivity index (χ2n) is 5.17. The van der Waals surface area contributed by atoms with Gasteiger partial charge in [-0.1, -0.05) is 40.2 Å². The van der Waals surface area contributed by atoms with Gasteiger partial charge in [0.15, 0.2) is 0 Å². The molecule has 0 heterocycles. The Labute approximate surface area is 140 Å². The van der Waals surface area contributed by atoms with E-state index in [9.17, 15) is 8.42 Å². The summed E-state index contributed by atoms with van der Waals surface area (Å²) in [5, 5.41) is 0. The van der Waals surface area contributed by atoms with Crippen LogP contribution >= 0.6 is 15.9 Å². The van der Waals surface area contributed by atoms with Gasteiger partial charge in [0.05, 0.1) is 10.6 Å². The molecule has 0 aliphatic rings. The zero-order valence-electron chi connectivity index (χ0n) is 12.6. The first kappa shape index (κ1) is 17.0. The molecule has 0 fully saturated rings. The van der Waals surface area contributed by atoms with Gasteiger partial charge in [-0.2, -0.15) is 0 Å². The molecule has 2 aromatic rings. The minimum Gasteiger partial charge on any atom is -0.308 e. The molecule has 0 unspecified atom stereocenters. The summed E-state index contributed by atoms with van der Waals surface area (Å²) in [5.74, 6) is 0. The molecule has 6 heteroatoms. The van der Waals surface area contributed by atoms with E-state index in [1.165, 1.54) is 4.31 Å². The Morgan fingerprint density at radius 3 is 2.23 bits per heavy atom. The van der Waals surface area contributed by atoms with Crippen molar-refractivity contribution in [3.8, 4) is 0 Å². The number of sulfonamides is 1. The highest BCUT2D eigenvalue weighted by molar-refractivity contribution is 9.10. The van der Waals surface area contributed by atoms with E-state index in [1.54, 1.807) is 18.2 Å². The van der Waals surface area contributed by atoms with Crippen LogP contribution in [0.25, 0.3) is 0 Å². The van der Waals surface area contributed by atoms with Crippen LogP contribution in [0.15, 0.2) is 64.0 Å². The van der Waals surface area contributed by atoms with Crippen LogP contribution in [-0.4, -0.2) is 40.5 Å². The van der Waals surface area contributed by atoms with Crippen LogP contribution in [0, 0.1) is 0 Å². The fraction of sp³-hybridized carbons (Fsp3) is 0.250. The smallest absolute Gasteiger partial charge is 0.264 e.